The van der Waals surface area contributed by atoms with Gasteiger partial charge in [0.25, 0.3) is 0 Å². The summed E-state index contributed by atoms with van der Waals surface area (Å²) in [5, 5.41) is 11.7. The van der Waals surface area contributed by atoms with Crippen LogP contribution in [0, 0.1) is 0 Å². The van der Waals surface area contributed by atoms with Crippen molar-refractivity contribution in [3.63, 3.8) is 0 Å². The monoisotopic (exact) mass is 288 g/mol. The fourth-order valence-electron chi connectivity index (χ4n) is 2.47. The Morgan fingerprint density at radius 3 is 3.00 bits per heavy atom. The first-order valence-corrected chi connectivity index (χ1v) is 7.08. The van der Waals surface area contributed by atoms with Crippen LogP contribution in [0.2, 0.25) is 10.3 Å². The molecule has 1 aromatic rings. The quantitative estimate of drug-likeness (QED) is 0.925. The number of anilines is 1. The molecule has 1 aliphatic heterocycles. The van der Waals surface area contributed by atoms with Gasteiger partial charge in [-0.3, -0.25) is 0 Å². The normalized spacial score (nSPS) is 20.2. The maximum absolute atomic E-state index is 6.14. The standard InChI is InChI=1S/C12H18Cl2N4/c1-15-6-5-9-4-2-3-7-18(9)10-8-11(13)16-17-12(10)14/h8-9,15H,2-7H2,1H3. The van der Waals surface area contributed by atoms with Crippen LogP contribution in [0.5, 0.6) is 0 Å². The fourth-order valence-corrected chi connectivity index (χ4v) is 2.82. The molecule has 1 fully saturated rings. The number of hydrogen-bond donors (Lipinski definition) is 1. The van der Waals surface area contributed by atoms with Crippen LogP contribution in [0.15, 0.2) is 6.07 Å². The highest BCUT2D eigenvalue weighted by Gasteiger charge is 2.24. The number of hydrogen-bond acceptors (Lipinski definition) is 4. The van der Waals surface area contributed by atoms with Gasteiger partial charge in [0.05, 0.1) is 5.69 Å². The Morgan fingerprint density at radius 1 is 1.39 bits per heavy atom. The Bertz CT molecular complexity index is 400. The molecule has 0 aliphatic carbocycles. The Kier molecular flexibility index (Phi) is 5.03. The van der Waals surface area contributed by atoms with E-state index in [1.165, 1.54) is 19.3 Å². The van der Waals surface area contributed by atoms with E-state index in [-0.39, 0.29) is 0 Å². The van der Waals surface area contributed by atoms with E-state index in [1.54, 1.807) is 0 Å². The third kappa shape index (κ3) is 3.25. The number of nitrogens with zero attached hydrogens (tertiary/aromatic N) is 3. The van der Waals surface area contributed by atoms with Gasteiger partial charge in [-0.15, -0.1) is 10.2 Å². The molecule has 100 valence electrons. The van der Waals surface area contributed by atoms with Crippen molar-refractivity contribution in [3.05, 3.63) is 16.4 Å². The smallest absolute Gasteiger partial charge is 0.175 e. The Hall–Kier alpha value is -0.580. The van der Waals surface area contributed by atoms with Crippen LogP contribution in [0.1, 0.15) is 25.7 Å². The van der Waals surface area contributed by atoms with Crippen molar-refractivity contribution in [2.45, 2.75) is 31.7 Å². The lowest BCUT2D eigenvalue weighted by molar-refractivity contribution is 0.433. The highest BCUT2D eigenvalue weighted by atomic mass is 35.5. The first-order chi connectivity index (χ1) is 8.72. The third-order valence-electron chi connectivity index (χ3n) is 3.36. The number of rotatable bonds is 4. The summed E-state index contributed by atoms with van der Waals surface area (Å²) in [6.07, 6.45) is 4.76. The van der Waals surface area contributed by atoms with Gasteiger partial charge in [0, 0.05) is 18.7 Å². The molecular formula is C12H18Cl2N4. The maximum Gasteiger partial charge on any atom is 0.175 e. The van der Waals surface area contributed by atoms with Gasteiger partial charge < -0.3 is 10.2 Å². The summed E-state index contributed by atoms with van der Waals surface area (Å²) in [6.45, 7) is 2.02. The van der Waals surface area contributed by atoms with Gasteiger partial charge in [-0.25, -0.2) is 0 Å². The largest absolute Gasteiger partial charge is 0.366 e. The average Bonchev–Trinajstić information content (AvgIpc) is 2.39. The topological polar surface area (TPSA) is 41.0 Å². The predicted octanol–water partition coefficient (Wildman–Crippen LogP) is 2.75. The Balaban J connectivity index is 2.19. The van der Waals surface area contributed by atoms with Crippen molar-refractivity contribution in [2.24, 2.45) is 0 Å². The molecule has 0 amide bonds. The van der Waals surface area contributed by atoms with Crippen LogP contribution >= 0.6 is 23.2 Å². The van der Waals surface area contributed by atoms with Crippen molar-refractivity contribution in [1.29, 1.82) is 0 Å². The van der Waals surface area contributed by atoms with Crippen molar-refractivity contribution >= 4 is 28.9 Å². The molecule has 1 aromatic heterocycles. The molecule has 0 radical (unpaired) electrons. The molecule has 2 heterocycles. The molecule has 0 aromatic carbocycles. The Labute approximate surface area is 118 Å². The molecule has 6 heteroatoms. The lowest BCUT2D eigenvalue weighted by atomic mass is 9.99. The molecule has 1 unspecified atom stereocenters. The van der Waals surface area contributed by atoms with Crippen LogP contribution in [-0.4, -0.2) is 36.4 Å². The van der Waals surface area contributed by atoms with Gasteiger partial charge in [-0.05, 0) is 39.3 Å². The molecule has 0 spiro atoms. The Morgan fingerprint density at radius 2 is 2.22 bits per heavy atom. The highest BCUT2D eigenvalue weighted by Crippen LogP contribution is 2.31. The minimum absolute atomic E-state index is 0.396. The lowest BCUT2D eigenvalue weighted by Gasteiger charge is -2.37. The van der Waals surface area contributed by atoms with E-state index < -0.39 is 0 Å². The first-order valence-electron chi connectivity index (χ1n) is 6.32. The summed E-state index contributed by atoms with van der Waals surface area (Å²) in [5.41, 5.74) is 0.914. The molecule has 0 bridgehead atoms. The fraction of sp³-hybridized carbons (Fsp3) is 0.667. The maximum atomic E-state index is 6.14. The molecule has 1 saturated heterocycles. The van der Waals surface area contributed by atoms with E-state index in [0.717, 1.165) is 25.2 Å². The van der Waals surface area contributed by atoms with E-state index in [4.69, 9.17) is 23.2 Å². The zero-order valence-corrected chi connectivity index (χ0v) is 12.0. The minimum atomic E-state index is 0.396. The second-order valence-corrected chi connectivity index (χ2v) is 5.32. The van der Waals surface area contributed by atoms with Crippen LogP contribution in [0.3, 0.4) is 0 Å². The van der Waals surface area contributed by atoms with E-state index in [1.807, 2.05) is 13.1 Å². The lowest BCUT2D eigenvalue weighted by Crippen LogP contribution is -2.41. The SMILES string of the molecule is CNCCC1CCCCN1c1cc(Cl)nnc1Cl. The molecule has 1 N–H and O–H groups in total. The average molecular weight is 289 g/mol. The number of aromatic nitrogens is 2. The van der Waals surface area contributed by atoms with Gasteiger partial charge in [-0.1, -0.05) is 23.2 Å². The summed E-state index contributed by atoms with van der Waals surface area (Å²) in [7, 11) is 1.98. The molecule has 1 atom stereocenters. The van der Waals surface area contributed by atoms with Crippen LogP contribution in [-0.2, 0) is 0 Å². The van der Waals surface area contributed by atoms with Gasteiger partial charge in [0.1, 0.15) is 0 Å². The molecule has 1 aliphatic rings. The van der Waals surface area contributed by atoms with Crippen molar-refractivity contribution in [3.8, 4) is 0 Å². The van der Waals surface area contributed by atoms with Gasteiger partial charge in [0.15, 0.2) is 10.3 Å². The second-order valence-electron chi connectivity index (χ2n) is 4.58. The summed E-state index contributed by atoms with van der Waals surface area (Å²) >= 11 is 12.1. The summed E-state index contributed by atoms with van der Waals surface area (Å²) in [5.74, 6) is 0. The summed E-state index contributed by atoms with van der Waals surface area (Å²) < 4.78 is 0. The summed E-state index contributed by atoms with van der Waals surface area (Å²) in [4.78, 5) is 2.32. The number of piperidine rings is 1. The van der Waals surface area contributed by atoms with Crippen LogP contribution in [0.4, 0.5) is 5.69 Å². The zero-order chi connectivity index (χ0) is 13.0. The zero-order valence-electron chi connectivity index (χ0n) is 10.5. The first kappa shape index (κ1) is 13.8. The molecule has 4 nitrogen and oxygen atoms in total. The van der Waals surface area contributed by atoms with Crippen molar-refractivity contribution in [1.82, 2.24) is 15.5 Å². The van der Waals surface area contributed by atoms with Crippen LogP contribution < -0.4 is 10.2 Å². The van der Waals surface area contributed by atoms with Gasteiger partial charge in [-0.2, -0.15) is 0 Å². The third-order valence-corrected chi connectivity index (χ3v) is 3.82. The minimum Gasteiger partial charge on any atom is -0.366 e. The molecule has 18 heavy (non-hydrogen) atoms. The second kappa shape index (κ2) is 6.55. The van der Waals surface area contributed by atoms with Crippen molar-refractivity contribution in [2.75, 3.05) is 25.0 Å². The molecule has 0 saturated carbocycles. The number of halogens is 2. The van der Waals surface area contributed by atoms with Crippen molar-refractivity contribution < 1.29 is 0 Å². The highest BCUT2D eigenvalue weighted by molar-refractivity contribution is 6.33. The van der Waals surface area contributed by atoms with E-state index in [9.17, 15) is 0 Å². The van der Waals surface area contributed by atoms with Gasteiger partial charge >= 0.3 is 0 Å². The predicted molar refractivity (Wildman–Crippen MR) is 75.6 cm³/mol. The van der Waals surface area contributed by atoms with E-state index >= 15 is 0 Å². The van der Waals surface area contributed by atoms with Crippen LogP contribution in [0.25, 0.3) is 0 Å². The van der Waals surface area contributed by atoms with E-state index in [2.05, 4.69) is 20.4 Å². The van der Waals surface area contributed by atoms with Gasteiger partial charge in [0.2, 0.25) is 0 Å². The molecule has 2 rings (SSSR count). The number of nitrogens with one attached hydrogen (secondary N) is 1. The van der Waals surface area contributed by atoms with E-state index in [0.29, 0.717) is 16.3 Å². The summed E-state index contributed by atoms with van der Waals surface area (Å²) in [6, 6.07) is 2.32. The molecular weight excluding hydrogens is 271 g/mol.